The van der Waals surface area contributed by atoms with Crippen LogP contribution in [0, 0.1) is 20.8 Å². The van der Waals surface area contributed by atoms with Gasteiger partial charge in [0.05, 0.1) is 17.1 Å². The smallest absolute Gasteiger partial charge is 0.124 e. The van der Waals surface area contributed by atoms with E-state index in [1.54, 1.807) is 0 Å². The number of phenols is 1. The molecule has 3 aromatic heterocycles. The Bertz CT molecular complexity index is 2510. The maximum Gasteiger partial charge on any atom is 0.124 e. The van der Waals surface area contributed by atoms with Gasteiger partial charge in [-0.3, -0.25) is 15.0 Å². The molecule has 8 rings (SSSR count). The molecule has 1 N–H and O–H groups in total. The molecule has 0 radical (unpaired) electrons. The first-order valence-corrected chi connectivity index (χ1v) is 19.4. The summed E-state index contributed by atoms with van der Waals surface area (Å²) < 4.78 is 0. The van der Waals surface area contributed by atoms with Crippen molar-refractivity contribution < 1.29 is 5.11 Å². The average molecular weight is 728 g/mol. The van der Waals surface area contributed by atoms with Crippen molar-refractivity contribution in [3.63, 3.8) is 0 Å². The fraction of sp³-hybridized carbons (Fsp3) is 0.135. The Kier molecular flexibility index (Phi) is 10.6. The van der Waals surface area contributed by atoms with Crippen LogP contribution in [-0.2, 0) is 25.7 Å². The molecule has 56 heavy (non-hydrogen) atoms. The van der Waals surface area contributed by atoms with Crippen LogP contribution in [0.3, 0.4) is 0 Å². The van der Waals surface area contributed by atoms with Gasteiger partial charge in [0, 0.05) is 40.8 Å². The van der Waals surface area contributed by atoms with Crippen molar-refractivity contribution >= 4 is 0 Å². The number of benzene rings is 5. The quantitative estimate of drug-likeness (QED) is 0.144. The van der Waals surface area contributed by atoms with Gasteiger partial charge in [0.2, 0.25) is 0 Å². The number of aromatic hydroxyl groups is 1. The van der Waals surface area contributed by atoms with E-state index in [0.717, 1.165) is 87.3 Å². The third-order valence-electron chi connectivity index (χ3n) is 10.5. The van der Waals surface area contributed by atoms with Crippen LogP contribution in [0.2, 0.25) is 0 Å². The second-order valence-electron chi connectivity index (χ2n) is 14.9. The molecule has 0 saturated heterocycles. The molecule has 0 atom stereocenters. The minimum Gasteiger partial charge on any atom is -0.507 e. The fourth-order valence-corrected chi connectivity index (χ4v) is 7.44. The maximum absolute atomic E-state index is 11.5. The average Bonchev–Trinajstić information content (AvgIpc) is 3.22. The van der Waals surface area contributed by atoms with Gasteiger partial charge < -0.3 is 5.11 Å². The van der Waals surface area contributed by atoms with Crippen LogP contribution < -0.4 is 0 Å². The molecule has 0 aliphatic heterocycles. The Labute approximate surface area is 330 Å². The lowest BCUT2D eigenvalue weighted by atomic mass is 9.89. The molecule has 0 amide bonds. The number of hydrogen-bond donors (Lipinski definition) is 1. The SMILES string of the molecule is Cc1ccnc(-c2ccc(CCc3cc(CCc4ccc(-c5cc(C)ccn5)cc4)cc(-c4ccccc4-c4ccc(-c5cc(C)ccn5)cc4O)c3)cc2)c1. The summed E-state index contributed by atoms with van der Waals surface area (Å²) in [7, 11) is 0. The summed E-state index contributed by atoms with van der Waals surface area (Å²) in [6.07, 6.45) is 9.23. The van der Waals surface area contributed by atoms with Gasteiger partial charge in [-0.1, -0.05) is 97.1 Å². The highest BCUT2D eigenvalue weighted by Crippen LogP contribution is 2.39. The van der Waals surface area contributed by atoms with Crippen LogP contribution >= 0.6 is 0 Å². The van der Waals surface area contributed by atoms with Crippen LogP contribution in [0.15, 0.2) is 164 Å². The molecule has 0 fully saturated rings. The Hall–Kier alpha value is -6.65. The summed E-state index contributed by atoms with van der Waals surface area (Å²) in [6.45, 7) is 6.25. The zero-order valence-corrected chi connectivity index (χ0v) is 32.2. The fourth-order valence-electron chi connectivity index (χ4n) is 7.44. The number of hydrogen-bond acceptors (Lipinski definition) is 4. The minimum atomic E-state index is 0.239. The molecule has 3 heterocycles. The lowest BCUT2D eigenvalue weighted by Gasteiger charge is -2.16. The van der Waals surface area contributed by atoms with Gasteiger partial charge in [0.25, 0.3) is 0 Å². The molecular weight excluding hydrogens is 683 g/mol. The van der Waals surface area contributed by atoms with Crippen molar-refractivity contribution in [1.82, 2.24) is 15.0 Å². The van der Waals surface area contributed by atoms with E-state index in [4.69, 9.17) is 0 Å². The molecule has 274 valence electrons. The third kappa shape index (κ3) is 8.51. The van der Waals surface area contributed by atoms with E-state index >= 15 is 0 Å². The first-order valence-electron chi connectivity index (χ1n) is 19.4. The predicted octanol–water partition coefficient (Wildman–Crippen LogP) is 12.4. The molecule has 0 unspecified atom stereocenters. The summed E-state index contributed by atoms with van der Waals surface area (Å²) in [5.41, 5.74) is 18.8. The molecular formula is C52H45N3O. The molecule has 0 saturated carbocycles. The van der Waals surface area contributed by atoms with Gasteiger partial charge in [0.1, 0.15) is 5.75 Å². The number of nitrogens with zero attached hydrogens (tertiary/aromatic N) is 3. The Morgan fingerprint density at radius 1 is 0.357 bits per heavy atom. The van der Waals surface area contributed by atoms with Gasteiger partial charge in [-0.15, -0.1) is 0 Å². The highest BCUT2D eigenvalue weighted by Gasteiger charge is 2.15. The van der Waals surface area contributed by atoms with E-state index in [0.29, 0.717) is 0 Å². The van der Waals surface area contributed by atoms with Gasteiger partial charge in [-0.05, 0) is 151 Å². The van der Waals surface area contributed by atoms with Crippen molar-refractivity contribution in [2.24, 2.45) is 0 Å². The summed E-state index contributed by atoms with van der Waals surface area (Å²) in [6, 6.07) is 51.3. The second kappa shape index (κ2) is 16.4. The van der Waals surface area contributed by atoms with Crippen molar-refractivity contribution in [2.45, 2.75) is 46.5 Å². The molecule has 8 aromatic rings. The number of aryl methyl sites for hydroxylation is 7. The monoisotopic (exact) mass is 727 g/mol. The van der Waals surface area contributed by atoms with E-state index in [1.807, 2.05) is 61.1 Å². The lowest BCUT2D eigenvalue weighted by Crippen LogP contribution is -1.98. The highest BCUT2D eigenvalue weighted by atomic mass is 16.3. The van der Waals surface area contributed by atoms with Gasteiger partial charge in [-0.25, -0.2) is 0 Å². The molecule has 0 aliphatic rings. The largest absolute Gasteiger partial charge is 0.507 e. The first kappa shape index (κ1) is 36.3. The van der Waals surface area contributed by atoms with Gasteiger partial charge >= 0.3 is 0 Å². The van der Waals surface area contributed by atoms with Crippen LogP contribution in [0.1, 0.15) is 38.9 Å². The van der Waals surface area contributed by atoms with Crippen molar-refractivity contribution in [3.05, 3.63) is 203 Å². The lowest BCUT2D eigenvalue weighted by molar-refractivity contribution is 0.477. The maximum atomic E-state index is 11.5. The van der Waals surface area contributed by atoms with E-state index in [-0.39, 0.29) is 5.75 Å². The van der Waals surface area contributed by atoms with E-state index in [1.165, 1.54) is 33.4 Å². The molecule has 4 nitrogen and oxygen atoms in total. The van der Waals surface area contributed by atoms with Crippen molar-refractivity contribution in [3.8, 4) is 61.8 Å². The van der Waals surface area contributed by atoms with Crippen LogP contribution in [0.4, 0.5) is 0 Å². The van der Waals surface area contributed by atoms with Crippen molar-refractivity contribution in [1.29, 1.82) is 0 Å². The van der Waals surface area contributed by atoms with Crippen LogP contribution in [0.25, 0.3) is 56.0 Å². The zero-order chi connectivity index (χ0) is 38.4. The van der Waals surface area contributed by atoms with Crippen LogP contribution in [-0.4, -0.2) is 20.1 Å². The summed E-state index contributed by atoms with van der Waals surface area (Å²) in [5.74, 6) is 0.239. The highest BCUT2D eigenvalue weighted by molar-refractivity contribution is 5.87. The number of aromatic nitrogens is 3. The molecule has 0 bridgehead atoms. The van der Waals surface area contributed by atoms with Gasteiger partial charge in [0.15, 0.2) is 0 Å². The third-order valence-corrected chi connectivity index (χ3v) is 10.5. The van der Waals surface area contributed by atoms with Gasteiger partial charge in [-0.2, -0.15) is 0 Å². The molecule has 0 aliphatic carbocycles. The first-order chi connectivity index (χ1) is 27.3. The number of rotatable bonds is 11. The number of phenolic OH excluding ortho intramolecular Hbond substituents is 1. The summed E-state index contributed by atoms with van der Waals surface area (Å²) in [5, 5.41) is 11.5. The standard InChI is InChI=1S/C52H45N3O/c1-35-22-25-53-49(28-35)42-16-12-38(13-17-42)8-10-40-31-41(11-9-39-14-18-43(19-15-39)50-29-36(2)23-26-54-50)33-45(32-40)46-6-4-5-7-47(46)48-21-20-44(34-52(48)56)51-30-37(3)24-27-55-51/h4-7,12-34,56H,8-11H2,1-3H3. The predicted molar refractivity (Wildman–Crippen MR) is 231 cm³/mol. The minimum absolute atomic E-state index is 0.239. The molecule has 4 heteroatoms. The molecule has 0 spiro atoms. The van der Waals surface area contributed by atoms with E-state index < -0.39 is 0 Å². The van der Waals surface area contributed by atoms with E-state index in [9.17, 15) is 5.11 Å². The topological polar surface area (TPSA) is 58.9 Å². The van der Waals surface area contributed by atoms with Crippen molar-refractivity contribution in [2.75, 3.05) is 0 Å². The summed E-state index contributed by atoms with van der Waals surface area (Å²) >= 11 is 0. The second-order valence-corrected chi connectivity index (χ2v) is 14.9. The Morgan fingerprint density at radius 2 is 0.786 bits per heavy atom. The van der Waals surface area contributed by atoms with E-state index in [2.05, 4.69) is 139 Å². The zero-order valence-electron chi connectivity index (χ0n) is 32.2. The number of pyridine rings is 3. The molecule has 5 aromatic carbocycles. The Balaban J connectivity index is 1.09. The summed E-state index contributed by atoms with van der Waals surface area (Å²) in [4.78, 5) is 13.7. The normalized spacial score (nSPS) is 11.1. The Morgan fingerprint density at radius 3 is 1.25 bits per heavy atom. The van der Waals surface area contributed by atoms with Crippen LogP contribution in [0.5, 0.6) is 5.75 Å².